The van der Waals surface area contributed by atoms with E-state index >= 15 is 0 Å². The molecule has 15 rings (SSSR count). The molecule has 3 aliphatic carbocycles. The summed E-state index contributed by atoms with van der Waals surface area (Å²) in [6.45, 7) is 28.7. The minimum Gasteiger partial charge on any atom is -0.793 e. The summed E-state index contributed by atoms with van der Waals surface area (Å²) in [7, 11) is 4.02. The van der Waals surface area contributed by atoms with Crippen LogP contribution in [-0.2, 0) is 42.9 Å². The van der Waals surface area contributed by atoms with Gasteiger partial charge < -0.3 is 94.4 Å². The van der Waals surface area contributed by atoms with Crippen molar-refractivity contribution in [2.24, 2.45) is 0 Å². The molecule has 3 aliphatic heterocycles. The first kappa shape index (κ1) is 101. The van der Waals surface area contributed by atoms with Crippen LogP contribution in [0.2, 0.25) is 0 Å². The maximum Gasteiger partial charge on any atom is 1.00 e. The number of nitrogens with one attached hydrogen (secondary N) is 6. The first-order chi connectivity index (χ1) is 58.8. The second kappa shape index (κ2) is 49.7. The molecule has 0 bridgehead atoms. The number of benzene rings is 3. The minimum absolute atomic E-state index is 0. The van der Waals surface area contributed by atoms with Crippen molar-refractivity contribution < 1.29 is 87.8 Å². The van der Waals surface area contributed by atoms with Gasteiger partial charge in [-0.15, -0.1) is 0 Å². The number of fused-ring (bicyclic) bond motifs is 3. The van der Waals surface area contributed by atoms with Crippen molar-refractivity contribution in [3.05, 3.63) is 114 Å². The van der Waals surface area contributed by atoms with Crippen LogP contribution in [0.15, 0.2) is 114 Å². The van der Waals surface area contributed by atoms with Crippen LogP contribution >= 0.6 is 15.9 Å². The molecule has 0 unspecified atom stereocenters. The zero-order valence-corrected chi connectivity index (χ0v) is 78.9. The van der Waals surface area contributed by atoms with E-state index < -0.39 is 17.9 Å². The monoisotopic (exact) mass is 1780 g/mol. The summed E-state index contributed by atoms with van der Waals surface area (Å²) in [5.41, 5.74) is 22.2. The summed E-state index contributed by atoms with van der Waals surface area (Å²) >= 11 is 3.63. The Morgan fingerprint density at radius 2 is 0.871 bits per heavy atom. The average molecular weight is 1780 g/mol. The number of rotatable bonds is 20. The number of ketones is 1. The van der Waals surface area contributed by atoms with Crippen LogP contribution in [0.25, 0.3) is 55.4 Å². The van der Waals surface area contributed by atoms with Crippen LogP contribution in [0.5, 0.6) is 0 Å². The fourth-order valence-corrected chi connectivity index (χ4v) is 16.3. The molecule has 0 spiro atoms. The predicted molar refractivity (Wildman–Crippen MR) is 494 cm³/mol. The molecule has 3 saturated carbocycles. The van der Waals surface area contributed by atoms with Crippen molar-refractivity contribution in [1.29, 1.82) is 0 Å². The van der Waals surface area contributed by atoms with Gasteiger partial charge in [-0.05, 0) is 240 Å². The number of aliphatic hydroxyl groups is 3. The van der Waals surface area contributed by atoms with Gasteiger partial charge in [0.1, 0.15) is 22.7 Å². The summed E-state index contributed by atoms with van der Waals surface area (Å²) in [6, 6.07) is 27.1. The van der Waals surface area contributed by atoms with Gasteiger partial charge in [-0.25, -0.2) is 34.3 Å². The molecule has 3 radical (unpaired) electrons. The molecule has 667 valence electrons. The van der Waals surface area contributed by atoms with E-state index in [2.05, 4.69) is 195 Å². The summed E-state index contributed by atoms with van der Waals surface area (Å²) in [5, 5.41) is 53.4. The summed E-state index contributed by atoms with van der Waals surface area (Å²) < 4.78 is 23.4. The van der Waals surface area contributed by atoms with Crippen molar-refractivity contribution in [2.45, 2.75) is 303 Å². The fourth-order valence-electron chi connectivity index (χ4n) is 15.8. The third-order valence-corrected chi connectivity index (χ3v) is 24.0. The van der Waals surface area contributed by atoms with Crippen LogP contribution in [0.3, 0.4) is 0 Å². The van der Waals surface area contributed by atoms with E-state index in [1.807, 2.05) is 82.7 Å². The number of nitrogens with zero attached hydrogens (tertiary/aromatic N) is 9. The SMILES string of the molecule is CC(=O)OOC(C)=O.CC1(C)OB(c2ccc(N)cc2)OC1(C)C.CCC[C@H](C)Nc1ncc2c(-c3ccc(N)cc3)cn(C3CCC(O)CC3)c2n1.CCC[C@H](C)Nc1ncc2c(-c3ccc(NC4CCNCC4)cc3)cn(C3CCC(O)CC3)c2n1.CCC[C@H](C)Nc1ncc2c(Br)cn(C3CCC(O)CC3)c2n1.O=C1CCNCC1.[B-]OC(C)=O.[Na+]. The van der Waals surface area contributed by atoms with Gasteiger partial charge in [-0.2, -0.15) is 15.0 Å². The maximum atomic E-state index is 10.4. The average Bonchev–Trinajstić information content (AvgIpc) is 1.61. The van der Waals surface area contributed by atoms with Crippen molar-refractivity contribution in [1.82, 2.24) is 54.2 Å². The molecule has 6 aromatic heterocycles. The van der Waals surface area contributed by atoms with Gasteiger partial charge in [0.05, 0.1) is 34.9 Å². The number of anilines is 6. The minimum atomic E-state index is -0.639. The summed E-state index contributed by atoms with van der Waals surface area (Å²) in [5.74, 6) is 0.726. The molecule has 6 aliphatic rings. The Labute approximate surface area is 763 Å². The zero-order chi connectivity index (χ0) is 88.9. The Bertz CT molecular complexity index is 4750. The Morgan fingerprint density at radius 3 is 1.22 bits per heavy atom. The number of nitrogens with two attached hydrogens (primary N) is 2. The number of nitrogen functional groups attached to an aromatic ring is 2. The molecule has 3 atom stereocenters. The molecule has 0 amide bonds. The third kappa shape index (κ3) is 30.5. The number of piperidine rings is 2. The molecule has 9 aromatic rings. The van der Waals surface area contributed by atoms with Crippen LogP contribution in [0.4, 0.5) is 34.9 Å². The van der Waals surface area contributed by atoms with Gasteiger partial charge in [0.15, 0.2) is 0 Å². The van der Waals surface area contributed by atoms with Gasteiger partial charge in [-0.3, -0.25) is 9.59 Å². The van der Waals surface area contributed by atoms with Gasteiger partial charge in [0.2, 0.25) is 23.8 Å². The Balaban J connectivity index is 0.000000194. The van der Waals surface area contributed by atoms with E-state index in [4.69, 9.17) is 35.7 Å². The van der Waals surface area contributed by atoms with Gasteiger partial charge in [-0.1, -0.05) is 76.4 Å². The molecule has 124 heavy (non-hydrogen) atoms. The van der Waals surface area contributed by atoms with Crippen LogP contribution in [0.1, 0.15) is 249 Å². The molecule has 13 N–H and O–H groups in total. The Morgan fingerprint density at radius 1 is 0.532 bits per heavy atom. The molecular weight excluding hydrogens is 1650 g/mol. The van der Waals surface area contributed by atoms with E-state index in [1.165, 1.54) is 23.7 Å². The smallest absolute Gasteiger partial charge is 0.793 e. The topological polar surface area (TPSA) is 391 Å². The first-order valence-corrected chi connectivity index (χ1v) is 44.9. The second-order valence-corrected chi connectivity index (χ2v) is 35.0. The molecule has 3 aromatic carbocycles. The summed E-state index contributed by atoms with van der Waals surface area (Å²) in [6.07, 6.45) is 33.3. The number of aromatic nitrogens is 9. The zero-order valence-electron chi connectivity index (χ0n) is 75.3. The quantitative estimate of drug-likeness (QED) is 0.0146. The molecule has 3 saturated heterocycles. The first-order valence-electron chi connectivity index (χ1n) is 44.1. The number of aliphatic hydroxyl groups excluding tert-OH is 3. The molecule has 6 fully saturated rings. The largest absolute Gasteiger partial charge is 1.00 e. The second-order valence-electron chi connectivity index (χ2n) is 34.1. The van der Waals surface area contributed by atoms with Gasteiger partial charge >= 0.3 is 48.6 Å². The number of hydrogen-bond donors (Lipinski definition) is 11. The number of carbonyl (C=O) groups excluding carboxylic acids is 4. The maximum absolute atomic E-state index is 10.4. The normalized spacial score (nSPS) is 20.3. The van der Waals surface area contributed by atoms with E-state index in [0.717, 1.165) is 247 Å². The van der Waals surface area contributed by atoms with E-state index in [-0.39, 0.29) is 66.2 Å². The number of hydrogen-bond acceptors (Lipinski definition) is 26. The van der Waals surface area contributed by atoms with Crippen LogP contribution in [-0.4, -0.2) is 178 Å². The Kier molecular flexibility index (Phi) is 40.6. The van der Waals surface area contributed by atoms with Gasteiger partial charge in [0, 0.05) is 170 Å². The standard InChI is InChI=1S/C28H40N6O.C23H31N5O.C17H25BrN4O.C12H18BNO2.C5H9NO.C4H6O4.C2H3BO2.Na/c1-3-4-19(2)31-28-30-17-25-26(18-34(27(25)33-28)23-9-11-24(35)12-10-23)20-5-7-21(8-6-20)32-22-13-15-29-16-14-22;1-3-4-15(2)26-23-25-13-20-21(16-5-7-17(24)8-6-16)14-28(22(20)27-23)18-9-11-19(29)12-10-18;1-3-4-11(2)20-17-19-9-14-15(18)10-22(16(14)21-17)12-5-7-13(23)8-6-12;1-11(2)12(3,4)16-13(15-11)9-5-7-10(14)8-6-9;7-5-1-3-6-4-2-5;1-3(5)7-8-4(2)6;1-2(4)5-3;/h5-8,17-19,22-24,29,32,35H,3-4,9-16H2,1-2H3,(H,30,31,33);5-8,13-15,18-19,29H,3-4,9-12,24H2,1-2H3,(H,25,26,27);9-13,23H,3-8H2,1-2H3,(H,19,20,21);5-8H,14H2,1-4H3;6H,1-4H2;1-2H3;1H3;/q;;;;;;-1;+1/t19-,23?,24?;15-,18?,19?;11-,12?,13?;;;;;/m000...../s1. The fraction of sp³-hybridized carbons (Fsp3) is 0.560. The van der Waals surface area contributed by atoms with Crippen LogP contribution < -0.4 is 78.4 Å². The predicted octanol–water partition coefficient (Wildman–Crippen LogP) is 12.5. The molecular formula is C91H132B2BrN17NaO12. The van der Waals surface area contributed by atoms with Crippen molar-refractivity contribution in [3.8, 4) is 22.3 Å². The summed E-state index contributed by atoms with van der Waals surface area (Å²) in [4.78, 5) is 75.6. The van der Waals surface area contributed by atoms with Crippen molar-refractivity contribution >= 4 is 128 Å². The van der Waals surface area contributed by atoms with Crippen molar-refractivity contribution in [2.75, 3.05) is 58.9 Å². The number of Topliss-reactive ketones (excluding diaryl/α,β-unsaturated/α-hetero) is 1. The van der Waals surface area contributed by atoms with Crippen LogP contribution in [0, 0.1) is 0 Å². The number of halogens is 1. The number of carbonyl (C=O) groups is 4. The molecule has 33 heteroatoms. The Hall–Kier alpha value is -8.27. The molecule has 29 nitrogen and oxygen atoms in total. The molecule has 9 heterocycles. The third-order valence-electron chi connectivity index (χ3n) is 23.3. The van der Waals surface area contributed by atoms with Crippen molar-refractivity contribution in [3.63, 3.8) is 0 Å². The van der Waals surface area contributed by atoms with E-state index in [0.29, 0.717) is 65.9 Å². The van der Waals surface area contributed by atoms with E-state index in [1.54, 1.807) is 0 Å². The van der Waals surface area contributed by atoms with Gasteiger partial charge in [0.25, 0.3) is 0 Å². The van der Waals surface area contributed by atoms with E-state index in [9.17, 15) is 34.5 Å².